The Morgan fingerprint density at radius 2 is 2.00 bits per heavy atom. The first-order chi connectivity index (χ1) is 12.2. The number of fused-ring (bicyclic) bond motifs is 3. The fraction of sp³-hybridized carbons (Fsp3) is 0.700. The van der Waals surface area contributed by atoms with E-state index in [4.69, 9.17) is 9.15 Å². The summed E-state index contributed by atoms with van der Waals surface area (Å²) < 4.78 is 10.8. The molecule has 1 aliphatic heterocycles. The Balaban J connectivity index is 1.71. The van der Waals surface area contributed by atoms with Gasteiger partial charge in [0.25, 0.3) is 0 Å². The third-order valence-corrected chi connectivity index (χ3v) is 7.19. The van der Waals surface area contributed by atoms with Crippen LogP contribution in [0.5, 0.6) is 0 Å². The minimum atomic E-state index is -1.03. The zero-order valence-electron chi connectivity index (χ0n) is 15.2. The molecule has 142 valence electrons. The van der Waals surface area contributed by atoms with Crippen molar-refractivity contribution in [3.63, 3.8) is 0 Å². The van der Waals surface area contributed by atoms with Gasteiger partial charge < -0.3 is 19.4 Å². The SMILES string of the molecule is C[C@]1(O)C[C@@H]2[C@H](CC[C@@H]3C(=O)O[C@H](c4ccoc4)C[C@]32C)[C@H](C(=O)O)C1. The van der Waals surface area contributed by atoms with Gasteiger partial charge in [-0.3, -0.25) is 9.59 Å². The van der Waals surface area contributed by atoms with E-state index in [9.17, 15) is 19.8 Å². The Kier molecular flexibility index (Phi) is 3.95. The first kappa shape index (κ1) is 17.6. The van der Waals surface area contributed by atoms with E-state index >= 15 is 0 Å². The van der Waals surface area contributed by atoms with E-state index in [1.54, 1.807) is 25.5 Å². The van der Waals surface area contributed by atoms with Gasteiger partial charge >= 0.3 is 11.9 Å². The van der Waals surface area contributed by atoms with Gasteiger partial charge in [0.2, 0.25) is 0 Å². The molecule has 0 spiro atoms. The van der Waals surface area contributed by atoms with Crippen LogP contribution in [0, 0.1) is 29.1 Å². The first-order valence-corrected chi connectivity index (χ1v) is 9.39. The molecule has 2 heterocycles. The maximum absolute atomic E-state index is 12.8. The number of carboxylic acids is 1. The molecule has 1 saturated heterocycles. The summed E-state index contributed by atoms with van der Waals surface area (Å²) in [6.07, 6.45) is 5.57. The van der Waals surface area contributed by atoms with E-state index < -0.39 is 22.9 Å². The lowest BCUT2D eigenvalue weighted by Crippen LogP contribution is -2.58. The third kappa shape index (κ3) is 2.66. The van der Waals surface area contributed by atoms with Crippen LogP contribution in [0.1, 0.15) is 57.6 Å². The molecule has 7 atom stereocenters. The average molecular weight is 362 g/mol. The van der Waals surface area contributed by atoms with Crippen LogP contribution >= 0.6 is 0 Å². The maximum atomic E-state index is 12.8. The smallest absolute Gasteiger partial charge is 0.310 e. The van der Waals surface area contributed by atoms with E-state index in [0.29, 0.717) is 25.7 Å². The molecule has 1 aromatic rings. The predicted octanol–water partition coefficient (Wildman–Crippen LogP) is 3.16. The lowest BCUT2D eigenvalue weighted by Gasteiger charge is -2.58. The van der Waals surface area contributed by atoms with Crippen LogP contribution in [0.3, 0.4) is 0 Å². The Bertz CT molecular complexity index is 708. The van der Waals surface area contributed by atoms with Gasteiger partial charge in [-0.05, 0) is 62.3 Å². The van der Waals surface area contributed by atoms with Gasteiger partial charge in [0.05, 0.1) is 30.0 Å². The average Bonchev–Trinajstić information content (AvgIpc) is 3.08. The number of carbonyl (C=O) groups excluding carboxylic acids is 1. The van der Waals surface area contributed by atoms with E-state index in [-0.39, 0.29) is 36.2 Å². The Hall–Kier alpha value is -1.82. The summed E-state index contributed by atoms with van der Waals surface area (Å²) >= 11 is 0. The number of carboxylic acid groups (broad SMARTS) is 1. The number of esters is 1. The van der Waals surface area contributed by atoms with Crippen molar-refractivity contribution in [1.82, 2.24) is 0 Å². The molecule has 1 aromatic heterocycles. The summed E-state index contributed by atoms with van der Waals surface area (Å²) in [5, 5.41) is 20.5. The van der Waals surface area contributed by atoms with Gasteiger partial charge in [-0.25, -0.2) is 0 Å². The van der Waals surface area contributed by atoms with Crippen molar-refractivity contribution < 1.29 is 29.0 Å². The molecule has 6 heteroatoms. The van der Waals surface area contributed by atoms with Crippen LogP contribution in [0.25, 0.3) is 0 Å². The molecule has 0 unspecified atom stereocenters. The largest absolute Gasteiger partial charge is 0.481 e. The number of furan rings is 1. The fourth-order valence-electron chi connectivity index (χ4n) is 5.94. The quantitative estimate of drug-likeness (QED) is 0.785. The molecule has 2 N–H and O–H groups in total. The fourth-order valence-corrected chi connectivity index (χ4v) is 5.94. The van der Waals surface area contributed by atoms with Crippen molar-refractivity contribution >= 4 is 11.9 Å². The first-order valence-electron chi connectivity index (χ1n) is 9.39. The minimum absolute atomic E-state index is 0.00938. The molecule has 2 aliphatic carbocycles. The highest BCUT2D eigenvalue weighted by molar-refractivity contribution is 5.75. The number of rotatable bonds is 2. The molecule has 0 aromatic carbocycles. The standard InChI is InChI=1S/C20H26O6/c1-19(24)7-13(17(21)22)12-3-4-14-18(23)26-16(11-5-6-25-10-11)9-20(14,2)15(12)8-19/h5-6,10,12-16,24H,3-4,7-9H2,1-2H3,(H,21,22)/t12-,13-,14-,15-,16+,19-,20-/m1/s1. The summed E-state index contributed by atoms with van der Waals surface area (Å²) in [5.74, 6) is -1.88. The maximum Gasteiger partial charge on any atom is 0.310 e. The molecule has 26 heavy (non-hydrogen) atoms. The number of carbonyl (C=O) groups is 2. The third-order valence-electron chi connectivity index (χ3n) is 7.19. The van der Waals surface area contributed by atoms with Gasteiger partial charge in [-0.2, -0.15) is 0 Å². The molecule has 0 radical (unpaired) electrons. The lowest BCUT2D eigenvalue weighted by atomic mass is 9.47. The molecule has 4 rings (SSSR count). The summed E-state index contributed by atoms with van der Waals surface area (Å²) in [6.45, 7) is 3.81. The molecule has 0 amide bonds. The predicted molar refractivity (Wildman–Crippen MR) is 91.0 cm³/mol. The lowest BCUT2D eigenvalue weighted by molar-refractivity contribution is -0.201. The summed E-state index contributed by atoms with van der Waals surface area (Å²) in [4.78, 5) is 24.6. The summed E-state index contributed by atoms with van der Waals surface area (Å²) in [5.41, 5.74) is -0.586. The van der Waals surface area contributed by atoms with Gasteiger partial charge in [0.15, 0.2) is 0 Å². The molecule has 3 fully saturated rings. The zero-order valence-corrected chi connectivity index (χ0v) is 15.2. The van der Waals surface area contributed by atoms with Crippen LogP contribution in [0.2, 0.25) is 0 Å². The second kappa shape index (κ2) is 5.84. The summed E-state index contributed by atoms with van der Waals surface area (Å²) in [7, 11) is 0. The molecule has 2 saturated carbocycles. The normalized spacial score (nSPS) is 45.3. The Morgan fingerprint density at radius 3 is 2.65 bits per heavy atom. The summed E-state index contributed by atoms with van der Waals surface area (Å²) in [6, 6.07) is 1.80. The van der Waals surface area contributed by atoms with Gasteiger partial charge in [0.1, 0.15) is 6.10 Å². The van der Waals surface area contributed by atoms with E-state index in [2.05, 4.69) is 6.92 Å². The van der Waals surface area contributed by atoms with Gasteiger partial charge in [-0.1, -0.05) is 6.92 Å². The minimum Gasteiger partial charge on any atom is -0.481 e. The second-order valence-corrected chi connectivity index (χ2v) is 8.94. The molecular weight excluding hydrogens is 336 g/mol. The monoisotopic (exact) mass is 362 g/mol. The van der Waals surface area contributed by atoms with Crippen LogP contribution in [0.4, 0.5) is 0 Å². The van der Waals surface area contributed by atoms with Crippen LogP contribution < -0.4 is 0 Å². The van der Waals surface area contributed by atoms with Crippen LogP contribution in [-0.2, 0) is 14.3 Å². The highest BCUT2D eigenvalue weighted by atomic mass is 16.5. The second-order valence-electron chi connectivity index (χ2n) is 8.94. The molecule has 0 bridgehead atoms. The Morgan fingerprint density at radius 1 is 1.23 bits per heavy atom. The Labute approximate surface area is 152 Å². The van der Waals surface area contributed by atoms with Crippen molar-refractivity contribution in [2.45, 2.75) is 57.7 Å². The highest BCUT2D eigenvalue weighted by Gasteiger charge is 2.60. The van der Waals surface area contributed by atoms with E-state index in [1.165, 1.54) is 0 Å². The topological polar surface area (TPSA) is 97.0 Å². The van der Waals surface area contributed by atoms with Gasteiger partial charge in [0, 0.05) is 5.56 Å². The van der Waals surface area contributed by atoms with Crippen molar-refractivity contribution in [3.8, 4) is 0 Å². The van der Waals surface area contributed by atoms with Gasteiger partial charge in [-0.15, -0.1) is 0 Å². The number of cyclic esters (lactones) is 1. The number of aliphatic hydroxyl groups is 1. The van der Waals surface area contributed by atoms with E-state index in [1.807, 2.05) is 0 Å². The molecule has 3 aliphatic rings. The van der Waals surface area contributed by atoms with Crippen molar-refractivity contribution in [3.05, 3.63) is 24.2 Å². The molecular formula is C20H26O6. The van der Waals surface area contributed by atoms with Crippen LogP contribution in [-0.4, -0.2) is 27.8 Å². The van der Waals surface area contributed by atoms with E-state index in [0.717, 1.165) is 5.56 Å². The number of aliphatic carboxylic acids is 1. The van der Waals surface area contributed by atoms with Crippen LogP contribution in [0.15, 0.2) is 23.0 Å². The highest BCUT2D eigenvalue weighted by Crippen LogP contribution is 2.62. The number of hydrogen-bond donors (Lipinski definition) is 2. The van der Waals surface area contributed by atoms with Crippen molar-refractivity contribution in [1.29, 1.82) is 0 Å². The molecule has 6 nitrogen and oxygen atoms in total. The number of ether oxygens (including phenoxy) is 1. The van der Waals surface area contributed by atoms with Crippen molar-refractivity contribution in [2.75, 3.05) is 0 Å². The zero-order chi connectivity index (χ0) is 18.7. The van der Waals surface area contributed by atoms with Crippen molar-refractivity contribution in [2.24, 2.45) is 29.1 Å². The number of hydrogen-bond acceptors (Lipinski definition) is 5.